The molecule has 1 aromatic rings. The third-order valence-electron chi connectivity index (χ3n) is 5.14. The van der Waals surface area contributed by atoms with Crippen LogP contribution in [0, 0.1) is 5.92 Å². The first-order valence-electron chi connectivity index (χ1n) is 8.93. The minimum Gasteiger partial charge on any atom is -0.340 e. The van der Waals surface area contributed by atoms with E-state index in [-0.39, 0.29) is 30.3 Å². The maximum atomic E-state index is 12.7. The summed E-state index contributed by atoms with van der Waals surface area (Å²) in [5, 5.41) is 0. The molecule has 2 amide bonds. The summed E-state index contributed by atoms with van der Waals surface area (Å²) in [5.41, 5.74) is 8.10. The summed E-state index contributed by atoms with van der Waals surface area (Å²) < 4.78 is 0. The van der Waals surface area contributed by atoms with Crippen molar-refractivity contribution in [3.63, 3.8) is 0 Å². The highest BCUT2D eigenvalue weighted by Crippen LogP contribution is 2.28. The molecule has 25 heavy (non-hydrogen) atoms. The van der Waals surface area contributed by atoms with E-state index in [2.05, 4.69) is 26.0 Å². The van der Waals surface area contributed by atoms with Crippen LogP contribution in [0.5, 0.6) is 0 Å². The largest absolute Gasteiger partial charge is 0.340 e. The monoisotopic (exact) mass is 365 g/mol. The van der Waals surface area contributed by atoms with Crippen molar-refractivity contribution in [2.75, 3.05) is 24.5 Å². The molecular formula is C19H28ClN3O2. The lowest BCUT2D eigenvalue weighted by Crippen LogP contribution is -2.49. The Bertz CT molecular complexity index is 618. The van der Waals surface area contributed by atoms with Gasteiger partial charge in [0.1, 0.15) is 5.92 Å². The molecule has 138 valence electrons. The van der Waals surface area contributed by atoms with E-state index in [0.717, 1.165) is 25.1 Å². The summed E-state index contributed by atoms with van der Waals surface area (Å²) in [7, 11) is 0. The summed E-state index contributed by atoms with van der Waals surface area (Å²) in [6.45, 7) is 6.20. The van der Waals surface area contributed by atoms with Crippen LogP contribution in [0.4, 0.5) is 5.69 Å². The second kappa shape index (κ2) is 8.19. The lowest BCUT2D eigenvalue weighted by Gasteiger charge is -2.32. The van der Waals surface area contributed by atoms with Crippen LogP contribution in [-0.2, 0) is 9.59 Å². The molecule has 0 radical (unpaired) electrons. The van der Waals surface area contributed by atoms with Crippen molar-refractivity contribution in [3.05, 3.63) is 29.8 Å². The first kappa shape index (κ1) is 19.7. The first-order chi connectivity index (χ1) is 11.5. The van der Waals surface area contributed by atoms with Crippen molar-refractivity contribution in [2.45, 2.75) is 45.1 Å². The second-order valence-corrected chi connectivity index (χ2v) is 7.26. The SMILES string of the molecule is CC(C)c1ccc(N2CCC(C(=O)N3CCCC(N)C3)C2=O)cc1.Cl. The zero-order valence-electron chi connectivity index (χ0n) is 15.0. The summed E-state index contributed by atoms with van der Waals surface area (Å²) in [6, 6.07) is 8.13. The number of hydrogen-bond acceptors (Lipinski definition) is 3. The van der Waals surface area contributed by atoms with Crippen molar-refractivity contribution in [2.24, 2.45) is 11.7 Å². The van der Waals surface area contributed by atoms with Crippen LogP contribution in [0.3, 0.4) is 0 Å². The van der Waals surface area contributed by atoms with Crippen LogP contribution in [0.2, 0.25) is 0 Å². The number of anilines is 1. The normalized spacial score (nSPS) is 23.8. The van der Waals surface area contributed by atoms with Crippen molar-refractivity contribution in [1.29, 1.82) is 0 Å². The quantitative estimate of drug-likeness (QED) is 0.837. The molecule has 0 bridgehead atoms. The minimum atomic E-state index is -0.542. The fraction of sp³-hybridized carbons (Fsp3) is 0.579. The van der Waals surface area contributed by atoms with Crippen LogP contribution < -0.4 is 10.6 Å². The molecule has 2 atom stereocenters. The molecule has 2 N–H and O–H groups in total. The van der Waals surface area contributed by atoms with Gasteiger partial charge in [0, 0.05) is 31.4 Å². The lowest BCUT2D eigenvalue weighted by atomic mass is 10.0. The van der Waals surface area contributed by atoms with E-state index in [0.29, 0.717) is 25.4 Å². The van der Waals surface area contributed by atoms with Gasteiger partial charge >= 0.3 is 0 Å². The number of amides is 2. The summed E-state index contributed by atoms with van der Waals surface area (Å²) in [4.78, 5) is 29.0. The molecule has 0 aromatic heterocycles. The molecule has 2 fully saturated rings. The highest BCUT2D eigenvalue weighted by molar-refractivity contribution is 6.09. The molecule has 6 heteroatoms. The summed E-state index contributed by atoms with van der Waals surface area (Å²) >= 11 is 0. The third-order valence-corrected chi connectivity index (χ3v) is 5.14. The second-order valence-electron chi connectivity index (χ2n) is 7.26. The van der Waals surface area contributed by atoms with Gasteiger partial charge < -0.3 is 15.5 Å². The lowest BCUT2D eigenvalue weighted by molar-refractivity contribution is -0.140. The number of likely N-dealkylation sites (tertiary alicyclic amines) is 1. The van der Waals surface area contributed by atoms with E-state index < -0.39 is 5.92 Å². The van der Waals surface area contributed by atoms with Gasteiger partial charge in [-0.05, 0) is 42.9 Å². The first-order valence-corrected chi connectivity index (χ1v) is 8.93. The zero-order valence-corrected chi connectivity index (χ0v) is 15.8. The van der Waals surface area contributed by atoms with Gasteiger partial charge in [0.15, 0.2) is 0 Å². The molecule has 2 heterocycles. The van der Waals surface area contributed by atoms with E-state index in [4.69, 9.17) is 5.73 Å². The highest BCUT2D eigenvalue weighted by atomic mass is 35.5. The Balaban J connectivity index is 0.00000225. The van der Waals surface area contributed by atoms with Gasteiger partial charge in [0.05, 0.1) is 0 Å². The van der Waals surface area contributed by atoms with Crippen LogP contribution in [-0.4, -0.2) is 42.4 Å². The third kappa shape index (κ3) is 4.15. The Morgan fingerprint density at radius 1 is 1.16 bits per heavy atom. The maximum Gasteiger partial charge on any atom is 0.239 e. The van der Waals surface area contributed by atoms with Crippen LogP contribution in [0.25, 0.3) is 0 Å². The van der Waals surface area contributed by atoms with Crippen molar-refractivity contribution < 1.29 is 9.59 Å². The molecule has 5 nitrogen and oxygen atoms in total. The predicted octanol–water partition coefficient (Wildman–Crippen LogP) is 2.53. The number of piperidine rings is 1. The predicted molar refractivity (Wildman–Crippen MR) is 102 cm³/mol. The number of hydrogen-bond donors (Lipinski definition) is 1. The van der Waals surface area contributed by atoms with Gasteiger partial charge in [0.2, 0.25) is 11.8 Å². The maximum absolute atomic E-state index is 12.7. The molecule has 3 rings (SSSR count). The van der Waals surface area contributed by atoms with Gasteiger partial charge in [0.25, 0.3) is 0 Å². The number of carbonyl (C=O) groups excluding carboxylic acids is 2. The Labute approximate surface area is 155 Å². The number of nitrogens with zero attached hydrogens (tertiary/aromatic N) is 2. The Kier molecular flexibility index (Phi) is 6.47. The smallest absolute Gasteiger partial charge is 0.239 e. The molecule has 2 aliphatic heterocycles. The van der Waals surface area contributed by atoms with Crippen LogP contribution >= 0.6 is 12.4 Å². The van der Waals surface area contributed by atoms with E-state index >= 15 is 0 Å². The fourth-order valence-electron chi connectivity index (χ4n) is 3.64. The Morgan fingerprint density at radius 2 is 1.84 bits per heavy atom. The van der Waals surface area contributed by atoms with E-state index in [9.17, 15) is 9.59 Å². The molecule has 0 aliphatic carbocycles. The molecular weight excluding hydrogens is 338 g/mol. The Morgan fingerprint density at radius 3 is 2.44 bits per heavy atom. The van der Waals surface area contributed by atoms with Crippen molar-refractivity contribution >= 4 is 29.9 Å². The average molecular weight is 366 g/mol. The molecule has 2 aliphatic rings. The van der Waals surface area contributed by atoms with Gasteiger partial charge in [-0.2, -0.15) is 0 Å². The van der Waals surface area contributed by atoms with Gasteiger partial charge in [-0.3, -0.25) is 9.59 Å². The van der Waals surface area contributed by atoms with Gasteiger partial charge in [-0.15, -0.1) is 12.4 Å². The Hall–Kier alpha value is -1.59. The standard InChI is InChI=1S/C19H27N3O2.ClH/c1-13(2)14-5-7-16(8-6-14)22-11-9-17(19(22)24)18(23)21-10-3-4-15(20)12-21;/h5-8,13,15,17H,3-4,9-12,20H2,1-2H3;1H. The number of halogens is 1. The molecule has 2 saturated heterocycles. The van der Waals surface area contributed by atoms with E-state index in [1.165, 1.54) is 5.56 Å². The van der Waals surface area contributed by atoms with Crippen LogP contribution in [0.15, 0.2) is 24.3 Å². The highest BCUT2D eigenvalue weighted by Gasteiger charge is 2.40. The molecule has 0 saturated carbocycles. The number of benzene rings is 1. The number of rotatable bonds is 3. The van der Waals surface area contributed by atoms with Crippen LogP contribution in [0.1, 0.15) is 44.6 Å². The zero-order chi connectivity index (χ0) is 17.3. The molecule has 0 spiro atoms. The van der Waals surface area contributed by atoms with Gasteiger partial charge in [-0.1, -0.05) is 26.0 Å². The van der Waals surface area contributed by atoms with Crippen molar-refractivity contribution in [3.8, 4) is 0 Å². The van der Waals surface area contributed by atoms with Gasteiger partial charge in [-0.25, -0.2) is 0 Å². The minimum absolute atomic E-state index is 0. The number of nitrogens with two attached hydrogens (primary N) is 1. The van der Waals surface area contributed by atoms with E-state index in [1.54, 1.807) is 9.80 Å². The summed E-state index contributed by atoms with van der Waals surface area (Å²) in [5.74, 6) is -0.195. The fourth-order valence-corrected chi connectivity index (χ4v) is 3.64. The molecule has 2 unspecified atom stereocenters. The van der Waals surface area contributed by atoms with Crippen molar-refractivity contribution in [1.82, 2.24) is 4.90 Å². The van der Waals surface area contributed by atoms with E-state index in [1.807, 2.05) is 12.1 Å². The number of carbonyl (C=O) groups is 2. The molecule has 1 aromatic carbocycles. The average Bonchev–Trinajstić information content (AvgIpc) is 2.96. The topological polar surface area (TPSA) is 66.6 Å². The summed E-state index contributed by atoms with van der Waals surface area (Å²) in [6.07, 6.45) is 2.47.